The molecule has 30 heavy (non-hydrogen) atoms. The van der Waals surface area contributed by atoms with Crippen molar-refractivity contribution >= 4 is 11.8 Å². The summed E-state index contributed by atoms with van der Waals surface area (Å²) in [7, 11) is 0. The summed E-state index contributed by atoms with van der Waals surface area (Å²) in [6.45, 7) is 5.13. The van der Waals surface area contributed by atoms with Crippen molar-refractivity contribution in [3.63, 3.8) is 0 Å². The quantitative estimate of drug-likeness (QED) is 0.288. The second kappa shape index (κ2) is 10.7. The van der Waals surface area contributed by atoms with Crippen molar-refractivity contribution in [3.8, 4) is 11.8 Å². The van der Waals surface area contributed by atoms with Crippen LogP contribution in [0.15, 0.2) is 59.9 Å². The number of aromatic nitrogens is 3. The summed E-state index contributed by atoms with van der Waals surface area (Å²) in [6.07, 6.45) is 5.49. The molecule has 0 bridgehead atoms. The second-order valence-electron chi connectivity index (χ2n) is 6.78. The molecule has 0 saturated carbocycles. The van der Waals surface area contributed by atoms with Gasteiger partial charge in [0.15, 0.2) is 5.96 Å². The lowest BCUT2D eigenvalue weighted by atomic mass is 10.1. The molecule has 0 atom stereocenters. The van der Waals surface area contributed by atoms with Crippen LogP contribution in [0.3, 0.4) is 0 Å². The number of rotatable bonds is 9. The fourth-order valence-electron chi connectivity index (χ4n) is 3.14. The number of hydrogen-bond acceptors (Lipinski definition) is 4. The Labute approximate surface area is 177 Å². The molecule has 0 unspecified atom stereocenters. The molecule has 3 aromatic rings. The van der Waals surface area contributed by atoms with Gasteiger partial charge in [-0.05, 0) is 44.0 Å². The normalized spacial score (nSPS) is 11.3. The first-order valence-electron chi connectivity index (χ1n) is 10.2. The summed E-state index contributed by atoms with van der Waals surface area (Å²) >= 11 is 0. The Balaban J connectivity index is 1.57. The van der Waals surface area contributed by atoms with Crippen LogP contribution in [0.2, 0.25) is 0 Å². The predicted octanol–water partition coefficient (Wildman–Crippen LogP) is 2.32. The van der Waals surface area contributed by atoms with E-state index in [4.69, 9.17) is 5.73 Å². The lowest BCUT2D eigenvalue weighted by Gasteiger charge is -2.11. The SMILES string of the molecule is CCNC(=NCCCc1nn(-c2ccccc2)c(N)c1C#N)NCCn1cccc1. The topological polar surface area (TPSA) is 109 Å². The van der Waals surface area contributed by atoms with Gasteiger partial charge in [-0.2, -0.15) is 10.4 Å². The lowest BCUT2D eigenvalue weighted by molar-refractivity contribution is 0.664. The van der Waals surface area contributed by atoms with Crippen LogP contribution in [0, 0.1) is 11.3 Å². The van der Waals surface area contributed by atoms with Crippen LogP contribution in [0.4, 0.5) is 5.82 Å². The maximum absolute atomic E-state index is 9.52. The zero-order valence-electron chi connectivity index (χ0n) is 17.3. The molecule has 0 amide bonds. The first-order chi connectivity index (χ1) is 14.7. The fourth-order valence-corrected chi connectivity index (χ4v) is 3.14. The van der Waals surface area contributed by atoms with Crippen molar-refractivity contribution in [2.24, 2.45) is 4.99 Å². The maximum Gasteiger partial charge on any atom is 0.191 e. The first-order valence-corrected chi connectivity index (χ1v) is 10.2. The third kappa shape index (κ3) is 5.41. The number of nitrogens with two attached hydrogens (primary N) is 1. The van der Waals surface area contributed by atoms with E-state index in [1.54, 1.807) is 4.68 Å². The van der Waals surface area contributed by atoms with Gasteiger partial charge >= 0.3 is 0 Å². The number of nitrogens with one attached hydrogen (secondary N) is 2. The van der Waals surface area contributed by atoms with Crippen molar-refractivity contribution in [1.29, 1.82) is 5.26 Å². The van der Waals surface area contributed by atoms with Gasteiger partial charge in [-0.15, -0.1) is 0 Å². The van der Waals surface area contributed by atoms with Gasteiger partial charge in [0, 0.05) is 38.6 Å². The molecule has 0 fully saturated rings. The highest BCUT2D eigenvalue weighted by molar-refractivity contribution is 5.79. The van der Waals surface area contributed by atoms with Gasteiger partial charge in [0.2, 0.25) is 0 Å². The molecule has 1 aromatic carbocycles. The summed E-state index contributed by atoms with van der Waals surface area (Å²) in [5, 5.41) is 20.7. The minimum Gasteiger partial charge on any atom is -0.382 e. The molecular formula is C22H28N8. The summed E-state index contributed by atoms with van der Waals surface area (Å²) < 4.78 is 3.75. The number of guanidine groups is 1. The molecular weight excluding hydrogens is 376 g/mol. The number of aryl methyl sites for hydroxylation is 1. The molecule has 0 aliphatic carbocycles. The first kappa shape index (κ1) is 21.0. The van der Waals surface area contributed by atoms with Crippen LogP contribution < -0.4 is 16.4 Å². The average molecular weight is 405 g/mol. The Bertz CT molecular complexity index is 980. The number of para-hydroxylation sites is 1. The molecule has 156 valence electrons. The van der Waals surface area contributed by atoms with Gasteiger partial charge < -0.3 is 20.9 Å². The third-order valence-electron chi connectivity index (χ3n) is 4.62. The predicted molar refractivity (Wildman–Crippen MR) is 119 cm³/mol. The summed E-state index contributed by atoms with van der Waals surface area (Å²) in [5.41, 5.74) is 8.16. The van der Waals surface area contributed by atoms with Crippen molar-refractivity contribution in [2.75, 3.05) is 25.4 Å². The Morgan fingerprint density at radius 1 is 1.17 bits per heavy atom. The zero-order valence-corrected chi connectivity index (χ0v) is 17.3. The van der Waals surface area contributed by atoms with Crippen molar-refractivity contribution < 1.29 is 0 Å². The largest absolute Gasteiger partial charge is 0.382 e. The van der Waals surface area contributed by atoms with Gasteiger partial charge in [0.1, 0.15) is 17.5 Å². The van der Waals surface area contributed by atoms with Crippen LogP contribution in [-0.2, 0) is 13.0 Å². The van der Waals surface area contributed by atoms with Gasteiger partial charge in [-0.3, -0.25) is 4.99 Å². The Morgan fingerprint density at radius 3 is 2.63 bits per heavy atom. The van der Waals surface area contributed by atoms with Crippen LogP contribution in [0.25, 0.3) is 5.69 Å². The minimum absolute atomic E-state index is 0.377. The summed E-state index contributed by atoms with van der Waals surface area (Å²) in [4.78, 5) is 4.63. The molecule has 0 aliphatic heterocycles. The third-order valence-corrected chi connectivity index (χ3v) is 4.62. The van der Waals surface area contributed by atoms with Gasteiger partial charge in [-0.1, -0.05) is 18.2 Å². The number of nitriles is 1. The molecule has 8 nitrogen and oxygen atoms in total. The van der Waals surface area contributed by atoms with Gasteiger partial charge in [0.25, 0.3) is 0 Å². The van der Waals surface area contributed by atoms with Crippen LogP contribution in [-0.4, -0.2) is 39.9 Å². The van der Waals surface area contributed by atoms with Crippen molar-refractivity contribution in [2.45, 2.75) is 26.3 Å². The average Bonchev–Trinajstić information content (AvgIpc) is 3.39. The molecule has 4 N–H and O–H groups in total. The molecule has 0 saturated heterocycles. The Kier molecular flexibility index (Phi) is 7.50. The monoisotopic (exact) mass is 404 g/mol. The van der Waals surface area contributed by atoms with Crippen LogP contribution in [0.5, 0.6) is 0 Å². The van der Waals surface area contributed by atoms with E-state index in [2.05, 4.69) is 31.4 Å². The number of anilines is 1. The van der Waals surface area contributed by atoms with E-state index >= 15 is 0 Å². The van der Waals surface area contributed by atoms with E-state index in [9.17, 15) is 5.26 Å². The maximum atomic E-state index is 9.52. The standard InChI is InChI=1S/C22H28N8/c1-2-25-22(27-13-16-29-14-6-7-15-29)26-12-8-11-20-19(17-23)21(24)30(28-20)18-9-4-3-5-10-18/h3-7,9-10,14-15H,2,8,11-13,16,24H2,1H3,(H2,25,26,27). The smallest absolute Gasteiger partial charge is 0.191 e. The zero-order chi connectivity index (χ0) is 21.2. The van der Waals surface area contributed by atoms with Crippen molar-refractivity contribution in [1.82, 2.24) is 25.0 Å². The van der Waals surface area contributed by atoms with Crippen LogP contribution in [0.1, 0.15) is 24.6 Å². The molecule has 0 radical (unpaired) electrons. The summed E-state index contributed by atoms with van der Waals surface area (Å²) in [6, 6.07) is 15.8. The number of benzene rings is 1. The minimum atomic E-state index is 0.377. The highest BCUT2D eigenvalue weighted by Gasteiger charge is 2.16. The highest BCUT2D eigenvalue weighted by Crippen LogP contribution is 2.21. The van der Waals surface area contributed by atoms with Gasteiger partial charge in [0.05, 0.1) is 11.4 Å². The molecule has 3 rings (SSSR count). The van der Waals surface area contributed by atoms with E-state index in [1.807, 2.05) is 61.8 Å². The lowest BCUT2D eigenvalue weighted by Crippen LogP contribution is -2.38. The second-order valence-corrected chi connectivity index (χ2v) is 6.78. The number of nitrogens with zero attached hydrogens (tertiary/aromatic N) is 5. The van der Waals surface area contributed by atoms with Gasteiger partial charge in [-0.25, -0.2) is 4.68 Å². The number of hydrogen-bond donors (Lipinski definition) is 3. The molecule has 2 aromatic heterocycles. The van der Waals surface area contributed by atoms with E-state index in [-0.39, 0.29) is 0 Å². The Hall–Kier alpha value is -3.73. The summed E-state index contributed by atoms with van der Waals surface area (Å²) in [5.74, 6) is 1.17. The van der Waals surface area contributed by atoms with E-state index < -0.39 is 0 Å². The molecule has 0 aliphatic rings. The van der Waals surface area contributed by atoms with E-state index in [0.29, 0.717) is 30.0 Å². The van der Waals surface area contributed by atoms with Crippen LogP contribution >= 0.6 is 0 Å². The fraction of sp³-hybridized carbons (Fsp3) is 0.318. The molecule has 8 heteroatoms. The van der Waals surface area contributed by atoms with E-state index in [1.165, 1.54) is 0 Å². The number of nitrogen functional groups attached to an aromatic ring is 1. The molecule has 2 heterocycles. The molecule has 0 spiro atoms. The van der Waals surface area contributed by atoms with Crippen molar-refractivity contribution in [3.05, 3.63) is 66.1 Å². The highest BCUT2D eigenvalue weighted by atomic mass is 15.3. The Morgan fingerprint density at radius 2 is 1.93 bits per heavy atom. The number of aliphatic imine (C=N–C) groups is 1. The van der Waals surface area contributed by atoms with E-state index in [0.717, 1.165) is 37.7 Å².